The highest BCUT2D eigenvalue weighted by atomic mass is 32.1. The number of amides is 1. The van der Waals surface area contributed by atoms with Crippen LogP contribution in [-0.4, -0.2) is 36.3 Å². The quantitative estimate of drug-likeness (QED) is 0.820. The molecule has 1 fully saturated rings. The average molecular weight is 378 g/mol. The first kappa shape index (κ1) is 18.9. The zero-order valence-corrected chi connectivity index (χ0v) is 15.8. The third kappa shape index (κ3) is 4.87. The highest BCUT2D eigenvalue weighted by molar-refractivity contribution is 7.16. The topological polar surface area (TPSA) is 60.5 Å². The molecule has 7 heteroatoms. The Kier molecular flexibility index (Phi) is 6.34. The van der Waals surface area contributed by atoms with Crippen LogP contribution in [0.4, 0.5) is 9.52 Å². The molecule has 2 atom stereocenters. The van der Waals surface area contributed by atoms with Crippen molar-refractivity contribution in [3.05, 3.63) is 35.0 Å². The van der Waals surface area contributed by atoms with E-state index in [4.69, 9.17) is 9.47 Å². The van der Waals surface area contributed by atoms with Gasteiger partial charge in [-0.25, -0.2) is 9.37 Å². The number of benzene rings is 1. The second kappa shape index (κ2) is 8.70. The third-order valence-electron chi connectivity index (χ3n) is 4.32. The molecule has 1 aromatic carbocycles. The highest BCUT2D eigenvalue weighted by Crippen LogP contribution is 2.30. The van der Waals surface area contributed by atoms with Crippen molar-refractivity contribution in [2.24, 2.45) is 0 Å². The molecule has 26 heavy (non-hydrogen) atoms. The van der Waals surface area contributed by atoms with E-state index in [0.29, 0.717) is 11.7 Å². The van der Waals surface area contributed by atoms with Gasteiger partial charge >= 0.3 is 0 Å². The number of ether oxygens (including phenoxy) is 2. The molecule has 0 aliphatic carbocycles. The van der Waals surface area contributed by atoms with Gasteiger partial charge in [0.25, 0.3) is 5.91 Å². The highest BCUT2D eigenvalue weighted by Gasteiger charge is 2.20. The van der Waals surface area contributed by atoms with Crippen LogP contribution in [0, 0.1) is 12.7 Å². The van der Waals surface area contributed by atoms with E-state index in [2.05, 4.69) is 10.3 Å². The maximum absolute atomic E-state index is 13.1. The molecule has 1 aromatic heterocycles. The Hall–Kier alpha value is -1.83. The van der Waals surface area contributed by atoms with Gasteiger partial charge in [0.05, 0.1) is 18.4 Å². The molecule has 140 valence electrons. The van der Waals surface area contributed by atoms with Gasteiger partial charge in [-0.15, -0.1) is 11.3 Å². The molecule has 2 aromatic rings. The molecule has 0 saturated carbocycles. The fraction of sp³-hybridized carbons (Fsp3) is 0.474. The molecule has 0 bridgehead atoms. The molecule has 0 spiro atoms. The standard InChI is InChI=1S/C19H23FN2O3S/c1-12(25-11-16-5-3-4-10-24-16)18(23)22-19-21-17(13(2)26-19)14-6-8-15(20)9-7-14/h6-9,12,16H,3-5,10-11H2,1-2H3,(H,21,22,23)/t12-,16+/m0/s1. The van der Waals surface area contributed by atoms with Crippen LogP contribution in [0.1, 0.15) is 31.1 Å². The lowest BCUT2D eigenvalue weighted by Crippen LogP contribution is -2.32. The number of thiazole rings is 1. The van der Waals surface area contributed by atoms with Crippen LogP contribution in [0.25, 0.3) is 11.3 Å². The van der Waals surface area contributed by atoms with Crippen molar-refractivity contribution < 1.29 is 18.7 Å². The van der Waals surface area contributed by atoms with E-state index >= 15 is 0 Å². The fourth-order valence-corrected chi connectivity index (χ4v) is 3.64. The minimum absolute atomic E-state index is 0.0752. The second-order valence-electron chi connectivity index (χ2n) is 6.38. The van der Waals surface area contributed by atoms with Crippen LogP contribution in [0.15, 0.2) is 24.3 Å². The van der Waals surface area contributed by atoms with Crippen molar-refractivity contribution in [2.75, 3.05) is 18.5 Å². The molecule has 1 aliphatic heterocycles. The smallest absolute Gasteiger partial charge is 0.254 e. The average Bonchev–Trinajstić information content (AvgIpc) is 3.01. The summed E-state index contributed by atoms with van der Waals surface area (Å²) in [6.45, 7) is 4.83. The van der Waals surface area contributed by atoms with Crippen molar-refractivity contribution in [1.82, 2.24) is 4.98 Å². The molecule has 0 radical (unpaired) electrons. The monoisotopic (exact) mass is 378 g/mol. The number of carbonyl (C=O) groups is 1. The zero-order chi connectivity index (χ0) is 18.5. The van der Waals surface area contributed by atoms with Crippen molar-refractivity contribution >= 4 is 22.4 Å². The molecule has 2 heterocycles. The van der Waals surface area contributed by atoms with Crippen molar-refractivity contribution in [3.63, 3.8) is 0 Å². The van der Waals surface area contributed by atoms with Gasteiger partial charge < -0.3 is 9.47 Å². The molecule has 5 nitrogen and oxygen atoms in total. The van der Waals surface area contributed by atoms with E-state index in [9.17, 15) is 9.18 Å². The maximum atomic E-state index is 13.1. The van der Waals surface area contributed by atoms with E-state index in [1.807, 2.05) is 6.92 Å². The Balaban J connectivity index is 1.57. The summed E-state index contributed by atoms with van der Waals surface area (Å²) >= 11 is 1.39. The van der Waals surface area contributed by atoms with E-state index in [1.165, 1.54) is 23.5 Å². The molecule has 0 unspecified atom stereocenters. The molecular weight excluding hydrogens is 355 g/mol. The van der Waals surface area contributed by atoms with Crippen LogP contribution in [0.5, 0.6) is 0 Å². The first-order valence-corrected chi connectivity index (χ1v) is 9.62. The van der Waals surface area contributed by atoms with E-state index < -0.39 is 6.10 Å². The minimum atomic E-state index is -0.584. The maximum Gasteiger partial charge on any atom is 0.254 e. The Morgan fingerprint density at radius 2 is 2.19 bits per heavy atom. The molecule has 1 amide bonds. The molecule has 1 aliphatic rings. The summed E-state index contributed by atoms with van der Waals surface area (Å²) in [5.74, 6) is -0.525. The predicted molar refractivity (Wildman–Crippen MR) is 99.9 cm³/mol. The van der Waals surface area contributed by atoms with Crippen molar-refractivity contribution in [2.45, 2.75) is 45.3 Å². The summed E-state index contributed by atoms with van der Waals surface area (Å²) in [6, 6.07) is 6.16. The lowest BCUT2D eigenvalue weighted by Gasteiger charge is -2.23. The van der Waals surface area contributed by atoms with Crippen LogP contribution in [0.3, 0.4) is 0 Å². The van der Waals surface area contributed by atoms with Crippen molar-refractivity contribution in [1.29, 1.82) is 0 Å². The van der Waals surface area contributed by atoms with Gasteiger partial charge in [-0.1, -0.05) is 0 Å². The second-order valence-corrected chi connectivity index (χ2v) is 7.59. The van der Waals surface area contributed by atoms with Crippen LogP contribution in [0.2, 0.25) is 0 Å². The third-order valence-corrected chi connectivity index (χ3v) is 5.21. The van der Waals surface area contributed by atoms with Crippen molar-refractivity contribution in [3.8, 4) is 11.3 Å². The van der Waals surface area contributed by atoms with Gasteiger partial charge in [0.1, 0.15) is 11.9 Å². The first-order chi connectivity index (χ1) is 12.5. The van der Waals surface area contributed by atoms with Crippen LogP contribution < -0.4 is 5.32 Å². The largest absolute Gasteiger partial charge is 0.376 e. The number of aryl methyl sites for hydroxylation is 1. The normalized spacial score (nSPS) is 18.5. The summed E-state index contributed by atoms with van der Waals surface area (Å²) in [5.41, 5.74) is 1.56. The van der Waals surface area contributed by atoms with Crippen LogP contribution >= 0.6 is 11.3 Å². The Labute approximate surface area is 156 Å². The number of aromatic nitrogens is 1. The van der Waals surface area contributed by atoms with Gasteiger partial charge in [0.2, 0.25) is 0 Å². The number of nitrogens with one attached hydrogen (secondary N) is 1. The van der Waals surface area contributed by atoms with Gasteiger partial charge in [0, 0.05) is 17.0 Å². The SMILES string of the molecule is Cc1sc(NC(=O)[C@H](C)OC[C@H]2CCCCO2)nc1-c1ccc(F)cc1. The fourth-order valence-electron chi connectivity index (χ4n) is 2.80. The molecular formula is C19H23FN2O3S. The molecule has 3 rings (SSSR count). The number of anilines is 1. The Morgan fingerprint density at radius 3 is 2.88 bits per heavy atom. The van der Waals surface area contributed by atoms with E-state index in [0.717, 1.165) is 42.0 Å². The lowest BCUT2D eigenvalue weighted by molar-refractivity contribution is -0.130. The summed E-state index contributed by atoms with van der Waals surface area (Å²) in [7, 11) is 0. The summed E-state index contributed by atoms with van der Waals surface area (Å²) in [6.07, 6.45) is 2.69. The number of nitrogens with zero attached hydrogens (tertiary/aromatic N) is 1. The zero-order valence-electron chi connectivity index (χ0n) is 15.0. The van der Waals surface area contributed by atoms with Crippen LogP contribution in [-0.2, 0) is 14.3 Å². The van der Waals surface area contributed by atoms with Gasteiger partial charge in [-0.3, -0.25) is 10.1 Å². The lowest BCUT2D eigenvalue weighted by atomic mass is 10.1. The summed E-state index contributed by atoms with van der Waals surface area (Å²) < 4.78 is 24.3. The molecule has 1 saturated heterocycles. The Morgan fingerprint density at radius 1 is 1.42 bits per heavy atom. The number of hydrogen-bond acceptors (Lipinski definition) is 5. The van der Waals surface area contributed by atoms with E-state index in [-0.39, 0.29) is 17.8 Å². The predicted octanol–water partition coefficient (Wildman–Crippen LogP) is 4.17. The summed E-state index contributed by atoms with van der Waals surface area (Å²) in [4.78, 5) is 17.7. The van der Waals surface area contributed by atoms with Gasteiger partial charge in [-0.2, -0.15) is 0 Å². The number of hydrogen-bond donors (Lipinski definition) is 1. The Bertz CT molecular complexity index is 742. The number of rotatable bonds is 6. The number of carbonyl (C=O) groups excluding carboxylic acids is 1. The summed E-state index contributed by atoms with van der Waals surface area (Å²) in [5, 5.41) is 3.31. The van der Waals surface area contributed by atoms with Gasteiger partial charge in [0.15, 0.2) is 5.13 Å². The molecule has 1 N–H and O–H groups in total. The van der Waals surface area contributed by atoms with Gasteiger partial charge in [-0.05, 0) is 57.4 Å². The number of halogens is 1. The minimum Gasteiger partial charge on any atom is -0.376 e. The first-order valence-electron chi connectivity index (χ1n) is 8.80. The van der Waals surface area contributed by atoms with E-state index in [1.54, 1.807) is 19.1 Å².